The average molecular weight is 848 g/mol. The number of rotatable bonds is 14. The number of hydrogen-bond acceptors (Lipinski definition) is 17. The van der Waals surface area contributed by atoms with E-state index in [9.17, 15) is 29.7 Å². The van der Waals surface area contributed by atoms with Crippen molar-refractivity contribution in [2.24, 2.45) is 17.8 Å². The molecule has 342 valence electrons. The van der Waals surface area contributed by atoms with Gasteiger partial charge in [-0.3, -0.25) is 14.4 Å². The molecule has 0 aromatic carbocycles. The topological polar surface area (TPSA) is 207 Å². The minimum Gasteiger partial charge on any atom is -0.462 e. The molecule has 3 N–H and O–H groups in total. The molecule has 17 heteroatoms. The highest BCUT2D eigenvalue weighted by Crippen LogP contribution is 2.38. The van der Waals surface area contributed by atoms with Gasteiger partial charge >= 0.3 is 17.9 Å². The van der Waals surface area contributed by atoms with Crippen LogP contribution in [0.15, 0.2) is 12.2 Å². The number of hydrogen-bond donors (Lipinski definition) is 3. The van der Waals surface area contributed by atoms with Crippen LogP contribution < -0.4 is 0 Å². The molecule has 3 aliphatic rings. The third-order valence-corrected chi connectivity index (χ3v) is 11.3. The van der Waals surface area contributed by atoms with Gasteiger partial charge in [0.2, 0.25) is 0 Å². The Kier molecular flexibility index (Phi) is 20.1. The van der Waals surface area contributed by atoms with Crippen LogP contribution in [0.3, 0.4) is 0 Å². The summed E-state index contributed by atoms with van der Waals surface area (Å²) in [5.41, 5.74) is -1.49. The van der Waals surface area contributed by atoms with Crippen LogP contribution in [-0.4, -0.2) is 165 Å². The third kappa shape index (κ3) is 14.7. The molecule has 1 unspecified atom stereocenters. The van der Waals surface area contributed by atoms with Crippen molar-refractivity contribution in [3.8, 4) is 0 Å². The van der Waals surface area contributed by atoms with E-state index in [1.54, 1.807) is 58.8 Å². The van der Waals surface area contributed by atoms with Gasteiger partial charge in [0.05, 0.1) is 36.9 Å². The number of carbonyl (C=O) groups excluding carboxylic acids is 3. The number of methoxy groups -OCH3 is 3. The molecular formula is C42H73NO16. The van der Waals surface area contributed by atoms with Gasteiger partial charge < -0.3 is 67.6 Å². The lowest BCUT2D eigenvalue weighted by atomic mass is 9.82. The molecule has 0 spiro atoms. The number of ether oxygens (including phenoxy) is 10. The molecule has 3 aliphatic heterocycles. The second-order valence-corrected chi connectivity index (χ2v) is 17.3. The number of likely N-dealkylation sites (N-methyl/N-ethyl adjacent to an activating group) is 1. The standard InChI is InChI=1S/C42H73NO16/c1-22(2)17-31(46)57-40-26(6)54-34(21-42(40,8)49)58-37-25(5)55-41(36(48)35(37)43(9)10)59-38-28(19-33(50-11)51-12)18-23(3)29(45)16-14-15-24(4)53-32(47)20-30(39(38)52-13)56-27(7)44/h14,16,22-26,28-30,33-41,45,48-49H,15,17-21H2,1-13H3/b16-14+/t23-,24-,25-,26+,28-,29-,30-,34+,35-,36-,37-,38?,39+,40+,41+,42-/m1/s1. The van der Waals surface area contributed by atoms with Gasteiger partial charge in [-0.15, -0.1) is 0 Å². The molecule has 59 heavy (non-hydrogen) atoms. The Labute approximate surface area is 350 Å². The van der Waals surface area contributed by atoms with E-state index in [0.29, 0.717) is 12.8 Å². The highest BCUT2D eigenvalue weighted by molar-refractivity contribution is 5.72. The summed E-state index contributed by atoms with van der Waals surface area (Å²) in [7, 11) is 7.93. The van der Waals surface area contributed by atoms with Gasteiger partial charge in [0, 0.05) is 53.9 Å². The minimum atomic E-state index is -1.49. The van der Waals surface area contributed by atoms with Gasteiger partial charge in [-0.25, -0.2) is 0 Å². The van der Waals surface area contributed by atoms with E-state index in [0.717, 1.165) is 0 Å². The normalized spacial score (nSPS) is 39.7. The molecule has 0 aromatic rings. The van der Waals surface area contributed by atoms with E-state index in [1.807, 2.05) is 20.8 Å². The van der Waals surface area contributed by atoms with Crippen LogP contribution in [0, 0.1) is 17.8 Å². The summed E-state index contributed by atoms with van der Waals surface area (Å²) in [6.07, 6.45) is -8.29. The Morgan fingerprint density at radius 3 is 2.19 bits per heavy atom. The van der Waals surface area contributed by atoms with Crippen LogP contribution in [0.2, 0.25) is 0 Å². The molecule has 0 aromatic heterocycles. The van der Waals surface area contributed by atoms with Crippen molar-refractivity contribution >= 4 is 17.9 Å². The van der Waals surface area contributed by atoms with E-state index in [2.05, 4.69) is 0 Å². The average Bonchev–Trinajstić information content (AvgIpc) is 3.11. The minimum absolute atomic E-state index is 0.0340. The SMILES string of the molecule is COC(C[C@H]1C[C@@H](C)[C@H](O)/C=C/C[C@@H](C)OC(=O)C[C@@H](OC(C)=O)[C@H](OC)C1O[C@@H]1O[C@H](C)[C@@H](O[C@H]2C[C@@](C)(O)[C@@H](OC(=O)CC(C)C)[C@H](C)O2)[C@H](N(C)C)[C@H]1O)OC. The van der Waals surface area contributed by atoms with Crippen molar-refractivity contribution in [1.29, 1.82) is 0 Å². The summed E-state index contributed by atoms with van der Waals surface area (Å²) in [5.74, 6) is -2.58. The van der Waals surface area contributed by atoms with E-state index in [-0.39, 0.29) is 37.5 Å². The van der Waals surface area contributed by atoms with Crippen molar-refractivity contribution in [3.05, 3.63) is 12.2 Å². The Morgan fingerprint density at radius 2 is 1.63 bits per heavy atom. The molecule has 16 atom stereocenters. The second kappa shape index (κ2) is 23.2. The maximum Gasteiger partial charge on any atom is 0.309 e. The van der Waals surface area contributed by atoms with Crippen LogP contribution in [0.4, 0.5) is 0 Å². The van der Waals surface area contributed by atoms with E-state index in [1.165, 1.54) is 28.3 Å². The largest absolute Gasteiger partial charge is 0.462 e. The van der Waals surface area contributed by atoms with Crippen molar-refractivity contribution in [3.63, 3.8) is 0 Å². The molecule has 3 rings (SSSR count). The lowest BCUT2D eigenvalue weighted by molar-refractivity contribution is -0.345. The summed E-state index contributed by atoms with van der Waals surface area (Å²) in [6.45, 7) is 13.7. The molecule has 2 saturated heterocycles. The summed E-state index contributed by atoms with van der Waals surface area (Å²) in [6, 6.07) is -0.760. The first-order valence-electron chi connectivity index (χ1n) is 20.8. The molecule has 0 radical (unpaired) electrons. The van der Waals surface area contributed by atoms with E-state index >= 15 is 0 Å². The Hall–Kier alpha value is -2.29. The fourth-order valence-electron chi connectivity index (χ4n) is 8.37. The first kappa shape index (κ1) is 51.1. The summed E-state index contributed by atoms with van der Waals surface area (Å²) in [4.78, 5) is 40.2. The fraction of sp³-hybridized carbons (Fsp3) is 0.881. The Bertz CT molecular complexity index is 1340. The van der Waals surface area contributed by atoms with Crippen molar-refractivity contribution in [2.75, 3.05) is 35.4 Å². The van der Waals surface area contributed by atoms with Gasteiger partial charge in [0.1, 0.15) is 36.1 Å². The van der Waals surface area contributed by atoms with Gasteiger partial charge in [-0.05, 0) is 66.0 Å². The van der Waals surface area contributed by atoms with Crippen molar-refractivity contribution < 1.29 is 77.1 Å². The smallest absolute Gasteiger partial charge is 0.309 e. The van der Waals surface area contributed by atoms with Crippen LogP contribution in [-0.2, 0) is 61.8 Å². The molecule has 0 bridgehead atoms. The highest BCUT2D eigenvalue weighted by atomic mass is 16.7. The summed E-state index contributed by atoms with van der Waals surface area (Å²) < 4.78 is 60.3. The number of cyclic esters (lactones) is 1. The zero-order valence-corrected chi connectivity index (χ0v) is 37.3. The van der Waals surface area contributed by atoms with Gasteiger partial charge in [-0.2, -0.15) is 0 Å². The predicted molar refractivity (Wildman–Crippen MR) is 212 cm³/mol. The lowest BCUT2D eigenvalue weighted by Crippen LogP contribution is -2.66. The Balaban J connectivity index is 2.02. The Morgan fingerprint density at radius 1 is 0.966 bits per heavy atom. The molecule has 0 aliphatic carbocycles. The number of aliphatic hydroxyl groups excluding tert-OH is 2. The monoisotopic (exact) mass is 847 g/mol. The molecule has 3 heterocycles. The third-order valence-electron chi connectivity index (χ3n) is 11.3. The van der Waals surface area contributed by atoms with Crippen molar-refractivity contribution in [2.45, 2.75) is 185 Å². The van der Waals surface area contributed by atoms with Gasteiger partial charge in [0.15, 0.2) is 25.0 Å². The van der Waals surface area contributed by atoms with Crippen molar-refractivity contribution in [1.82, 2.24) is 4.90 Å². The molecule has 0 amide bonds. The zero-order valence-electron chi connectivity index (χ0n) is 37.3. The van der Waals surface area contributed by atoms with Gasteiger partial charge in [0.25, 0.3) is 0 Å². The lowest BCUT2D eigenvalue weighted by Gasteiger charge is -2.50. The fourth-order valence-corrected chi connectivity index (χ4v) is 8.37. The van der Waals surface area contributed by atoms with E-state index < -0.39 is 115 Å². The summed E-state index contributed by atoms with van der Waals surface area (Å²) in [5, 5.41) is 34.9. The summed E-state index contributed by atoms with van der Waals surface area (Å²) >= 11 is 0. The molecule has 2 fully saturated rings. The van der Waals surface area contributed by atoms with Crippen LogP contribution in [0.25, 0.3) is 0 Å². The highest BCUT2D eigenvalue weighted by Gasteiger charge is 2.53. The number of esters is 3. The second-order valence-electron chi connectivity index (χ2n) is 17.3. The molecule has 0 saturated carbocycles. The number of carbonyl (C=O) groups is 3. The quantitative estimate of drug-likeness (QED) is 0.0994. The van der Waals surface area contributed by atoms with Gasteiger partial charge in [-0.1, -0.05) is 32.9 Å². The molecular weight excluding hydrogens is 774 g/mol. The zero-order chi connectivity index (χ0) is 44.4. The van der Waals surface area contributed by atoms with Crippen LogP contribution in [0.5, 0.6) is 0 Å². The molecule has 17 nitrogen and oxygen atoms in total. The maximum absolute atomic E-state index is 13.3. The number of aliphatic hydroxyl groups is 3. The first-order valence-corrected chi connectivity index (χ1v) is 20.8. The van der Waals surface area contributed by atoms with Crippen LogP contribution >= 0.6 is 0 Å². The predicted octanol–water partition coefficient (Wildman–Crippen LogP) is 2.88. The van der Waals surface area contributed by atoms with Crippen LogP contribution in [0.1, 0.15) is 93.9 Å². The number of nitrogens with zero attached hydrogens (tertiary/aromatic N) is 1. The first-order chi connectivity index (χ1) is 27.6. The van der Waals surface area contributed by atoms with E-state index in [4.69, 9.17) is 47.4 Å². The maximum atomic E-state index is 13.3.